The highest BCUT2D eigenvalue weighted by atomic mass is 32.1. The molecule has 0 radical (unpaired) electrons. The van der Waals surface area contributed by atoms with Gasteiger partial charge in [0.1, 0.15) is 11.6 Å². The van der Waals surface area contributed by atoms with Crippen LogP contribution < -0.4 is 10.1 Å². The second-order valence-electron chi connectivity index (χ2n) is 9.50. The molecule has 1 saturated carbocycles. The molecule has 0 spiro atoms. The van der Waals surface area contributed by atoms with Crippen molar-refractivity contribution < 1.29 is 33.3 Å². The average molecular weight is 552 g/mol. The number of aliphatic hydroxyl groups excluding tert-OH is 1. The second kappa shape index (κ2) is 10.8. The standard InChI is InChI=1S/C30H27F2NO5S/c1-17(19-4-3-5-22(31)14-19)38-29(36)33-24-16-26(32)39-27(24)20-8-11-23(25(15-20)37-2)18-6-9-21(10-7-18)30(12-13-30)28(34)35/h3-11,14-17,29,33,36H,12-13H2,1-2H3,(H,34,35)/t17-,29?/m1/s1. The molecule has 202 valence electrons. The van der Waals surface area contributed by atoms with E-state index >= 15 is 0 Å². The molecular weight excluding hydrogens is 524 g/mol. The van der Waals surface area contributed by atoms with Gasteiger partial charge in [0.2, 0.25) is 6.41 Å². The molecule has 0 bridgehead atoms. The number of aliphatic carboxylic acids is 1. The van der Waals surface area contributed by atoms with Gasteiger partial charge < -0.3 is 25.0 Å². The fourth-order valence-electron chi connectivity index (χ4n) is 4.67. The maximum atomic E-state index is 14.4. The molecule has 1 fully saturated rings. The number of thiophene rings is 1. The SMILES string of the molecule is COc1cc(-c2sc(F)cc2NC(O)O[C@H](C)c2cccc(F)c2)ccc1-c1ccc(C2(C(=O)O)CC2)cc1. The van der Waals surface area contributed by atoms with Crippen LogP contribution in [0.4, 0.5) is 14.5 Å². The van der Waals surface area contributed by atoms with Crippen LogP contribution in [0.3, 0.4) is 0 Å². The van der Waals surface area contributed by atoms with Crippen molar-refractivity contribution in [3.8, 4) is 27.3 Å². The molecule has 1 aliphatic rings. The topological polar surface area (TPSA) is 88.0 Å². The number of hydrogen-bond acceptors (Lipinski definition) is 6. The third kappa shape index (κ3) is 5.52. The van der Waals surface area contributed by atoms with E-state index in [9.17, 15) is 23.8 Å². The van der Waals surface area contributed by atoms with Gasteiger partial charge in [-0.2, -0.15) is 4.39 Å². The molecule has 3 N–H and O–H groups in total. The minimum atomic E-state index is -1.48. The van der Waals surface area contributed by atoms with E-state index in [0.29, 0.717) is 40.3 Å². The quantitative estimate of drug-likeness (QED) is 0.185. The Bertz CT molecular complexity index is 1500. The lowest BCUT2D eigenvalue weighted by Gasteiger charge is -2.20. The summed E-state index contributed by atoms with van der Waals surface area (Å²) in [6.07, 6.45) is -0.823. The Kier molecular flexibility index (Phi) is 7.40. The number of carboxylic acid groups (broad SMARTS) is 1. The van der Waals surface area contributed by atoms with E-state index in [0.717, 1.165) is 28.0 Å². The van der Waals surface area contributed by atoms with Crippen molar-refractivity contribution >= 4 is 23.0 Å². The van der Waals surface area contributed by atoms with E-state index in [2.05, 4.69) is 5.32 Å². The fourth-order valence-corrected chi connectivity index (χ4v) is 5.52. The zero-order chi connectivity index (χ0) is 27.7. The minimum absolute atomic E-state index is 0.332. The highest BCUT2D eigenvalue weighted by Crippen LogP contribution is 2.49. The molecule has 6 nitrogen and oxygen atoms in total. The number of hydrogen-bond donors (Lipinski definition) is 3. The first-order valence-corrected chi connectivity index (χ1v) is 13.2. The van der Waals surface area contributed by atoms with Crippen LogP contribution in [0.25, 0.3) is 21.6 Å². The fraction of sp³-hybridized carbons (Fsp3) is 0.233. The summed E-state index contributed by atoms with van der Waals surface area (Å²) < 4.78 is 39.1. The molecule has 4 aromatic rings. The van der Waals surface area contributed by atoms with Crippen LogP contribution in [0.15, 0.2) is 72.8 Å². The second-order valence-corrected chi connectivity index (χ2v) is 10.5. The Hall–Kier alpha value is -3.79. The van der Waals surface area contributed by atoms with Gasteiger partial charge in [0.05, 0.1) is 29.2 Å². The van der Waals surface area contributed by atoms with Crippen LogP contribution in [0.5, 0.6) is 5.75 Å². The molecule has 0 saturated heterocycles. The van der Waals surface area contributed by atoms with Crippen molar-refractivity contribution in [3.63, 3.8) is 0 Å². The van der Waals surface area contributed by atoms with E-state index in [1.807, 2.05) is 36.4 Å². The number of methoxy groups -OCH3 is 1. The van der Waals surface area contributed by atoms with Crippen LogP contribution in [-0.2, 0) is 14.9 Å². The van der Waals surface area contributed by atoms with Gasteiger partial charge in [-0.1, -0.05) is 48.5 Å². The molecule has 39 heavy (non-hydrogen) atoms. The number of carboxylic acids is 1. The molecule has 3 aromatic carbocycles. The van der Waals surface area contributed by atoms with Crippen molar-refractivity contribution in [1.82, 2.24) is 0 Å². The van der Waals surface area contributed by atoms with Gasteiger partial charge in [0.25, 0.3) is 0 Å². The lowest BCUT2D eigenvalue weighted by atomic mass is 9.93. The maximum Gasteiger partial charge on any atom is 0.314 e. The van der Waals surface area contributed by atoms with E-state index in [1.165, 1.54) is 18.2 Å². The molecular formula is C30H27F2NO5S. The Labute approximate surface area is 228 Å². The third-order valence-corrected chi connectivity index (χ3v) is 7.98. The van der Waals surface area contributed by atoms with Crippen molar-refractivity contribution in [2.75, 3.05) is 12.4 Å². The van der Waals surface area contributed by atoms with Crippen molar-refractivity contribution in [2.24, 2.45) is 0 Å². The number of carbonyl (C=O) groups is 1. The third-order valence-electron chi connectivity index (χ3n) is 7.00. The summed E-state index contributed by atoms with van der Waals surface area (Å²) in [7, 11) is 1.54. The summed E-state index contributed by atoms with van der Waals surface area (Å²) in [5, 5.41) is 22.4. The Morgan fingerprint density at radius 2 is 1.74 bits per heavy atom. The Balaban J connectivity index is 1.36. The van der Waals surface area contributed by atoms with E-state index in [1.54, 1.807) is 32.2 Å². The van der Waals surface area contributed by atoms with Gasteiger partial charge in [-0.3, -0.25) is 4.79 Å². The number of benzene rings is 3. The van der Waals surface area contributed by atoms with Gasteiger partial charge in [-0.25, -0.2) is 4.39 Å². The number of halogens is 2. The zero-order valence-electron chi connectivity index (χ0n) is 21.3. The molecule has 0 aliphatic heterocycles. The molecule has 2 atom stereocenters. The molecule has 1 heterocycles. The lowest BCUT2D eigenvalue weighted by molar-refractivity contribution is -0.140. The zero-order valence-corrected chi connectivity index (χ0v) is 22.1. The molecule has 1 aliphatic carbocycles. The van der Waals surface area contributed by atoms with Crippen LogP contribution in [0.2, 0.25) is 0 Å². The number of nitrogens with one attached hydrogen (secondary N) is 1. The lowest BCUT2D eigenvalue weighted by Crippen LogP contribution is -2.24. The van der Waals surface area contributed by atoms with E-state index in [4.69, 9.17) is 9.47 Å². The van der Waals surface area contributed by atoms with Gasteiger partial charge in [0, 0.05) is 11.6 Å². The number of anilines is 1. The van der Waals surface area contributed by atoms with Gasteiger partial charge in [-0.05, 0) is 60.2 Å². The first-order chi connectivity index (χ1) is 18.7. The smallest absolute Gasteiger partial charge is 0.314 e. The van der Waals surface area contributed by atoms with Crippen LogP contribution in [-0.4, -0.2) is 29.7 Å². The van der Waals surface area contributed by atoms with Crippen LogP contribution in [0.1, 0.15) is 37.0 Å². The first kappa shape index (κ1) is 26.8. The van der Waals surface area contributed by atoms with Crippen LogP contribution in [0, 0.1) is 10.9 Å². The maximum absolute atomic E-state index is 14.4. The summed E-state index contributed by atoms with van der Waals surface area (Å²) in [5.74, 6) is -0.660. The average Bonchev–Trinajstić information content (AvgIpc) is 3.66. The molecule has 1 unspecified atom stereocenters. The largest absolute Gasteiger partial charge is 0.496 e. The van der Waals surface area contributed by atoms with Crippen molar-refractivity contribution in [3.05, 3.63) is 94.9 Å². The summed E-state index contributed by atoms with van der Waals surface area (Å²) in [6, 6.07) is 20.1. The van der Waals surface area contributed by atoms with Gasteiger partial charge >= 0.3 is 5.97 Å². The Morgan fingerprint density at radius 1 is 1.03 bits per heavy atom. The van der Waals surface area contributed by atoms with Gasteiger partial charge in [0.15, 0.2) is 5.13 Å². The predicted octanol–water partition coefficient (Wildman–Crippen LogP) is 6.95. The number of aliphatic hydroxyl groups is 1. The Morgan fingerprint density at radius 3 is 2.38 bits per heavy atom. The van der Waals surface area contributed by atoms with E-state index < -0.39 is 34.9 Å². The summed E-state index contributed by atoms with van der Waals surface area (Å²) in [6.45, 7) is 1.68. The van der Waals surface area contributed by atoms with Gasteiger partial charge in [-0.15, -0.1) is 11.3 Å². The molecule has 1 aromatic heterocycles. The first-order valence-electron chi connectivity index (χ1n) is 12.4. The summed E-state index contributed by atoms with van der Waals surface area (Å²) in [5.41, 5.74) is 3.21. The van der Waals surface area contributed by atoms with E-state index in [-0.39, 0.29) is 0 Å². The minimum Gasteiger partial charge on any atom is -0.496 e. The monoisotopic (exact) mass is 551 g/mol. The van der Waals surface area contributed by atoms with Crippen molar-refractivity contribution in [1.29, 1.82) is 0 Å². The predicted molar refractivity (Wildman–Crippen MR) is 146 cm³/mol. The summed E-state index contributed by atoms with van der Waals surface area (Å²) in [4.78, 5) is 12.2. The normalized spacial score (nSPS) is 15.4. The number of rotatable bonds is 10. The number of ether oxygens (including phenoxy) is 2. The summed E-state index contributed by atoms with van der Waals surface area (Å²) >= 11 is 0.905. The van der Waals surface area contributed by atoms with Crippen molar-refractivity contribution in [2.45, 2.75) is 37.7 Å². The molecule has 0 amide bonds. The van der Waals surface area contributed by atoms with Crippen LogP contribution >= 0.6 is 11.3 Å². The highest BCUT2D eigenvalue weighted by molar-refractivity contribution is 7.14. The molecule has 5 rings (SSSR count). The molecule has 9 heteroatoms. The highest BCUT2D eigenvalue weighted by Gasteiger charge is 2.51.